The van der Waals surface area contributed by atoms with Crippen molar-refractivity contribution in [2.75, 3.05) is 21.3 Å². The van der Waals surface area contributed by atoms with Crippen molar-refractivity contribution in [3.8, 4) is 17.2 Å². The maximum atomic E-state index is 14.3. The smallest absolute Gasteiger partial charge is 0.250 e. The number of aromatic nitrogens is 1. The number of pyridine rings is 1. The van der Waals surface area contributed by atoms with Crippen molar-refractivity contribution in [3.63, 3.8) is 0 Å². The third-order valence-electron chi connectivity index (χ3n) is 6.79. The Bertz CT molecular complexity index is 1340. The van der Waals surface area contributed by atoms with Crippen LogP contribution in [-0.4, -0.2) is 48.1 Å². The molecule has 39 heavy (non-hydrogen) atoms. The molecule has 0 aliphatic carbocycles. The molecular formula is C29H32BrF2N3O3S. The SMILES string of the molecule is COc1ccc(CN(Cc2ccc(OC)cc2OC)C2=N[C@](C)(c3cc(Br)ccn3)C[C@@H](C(F)F)S2)c(C)c1. The zero-order chi connectivity index (χ0) is 28.2. The summed E-state index contributed by atoms with van der Waals surface area (Å²) in [5.41, 5.74) is 2.66. The van der Waals surface area contributed by atoms with E-state index < -0.39 is 17.2 Å². The first kappa shape index (κ1) is 29.1. The summed E-state index contributed by atoms with van der Waals surface area (Å²) in [5.74, 6) is 2.08. The maximum absolute atomic E-state index is 14.3. The van der Waals surface area contributed by atoms with E-state index in [-0.39, 0.29) is 6.42 Å². The summed E-state index contributed by atoms with van der Waals surface area (Å²) >= 11 is 4.61. The molecule has 0 fully saturated rings. The van der Waals surface area contributed by atoms with Crippen LogP contribution in [0.5, 0.6) is 17.2 Å². The highest BCUT2D eigenvalue weighted by molar-refractivity contribution is 9.10. The zero-order valence-corrected chi connectivity index (χ0v) is 25.0. The molecule has 1 aliphatic rings. The Morgan fingerprint density at radius 3 is 2.28 bits per heavy atom. The Morgan fingerprint density at radius 1 is 1.00 bits per heavy atom. The fourth-order valence-corrected chi connectivity index (χ4v) is 6.21. The molecule has 1 aromatic heterocycles. The predicted octanol–water partition coefficient (Wildman–Crippen LogP) is 7.22. The molecule has 3 aromatic rings. The van der Waals surface area contributed by atoms with Gasteiger partial charge in [-0.1, -0.05) is 33.8 Å². The molecule has 2 atom stereocenters. The van der Waals surface area contributed by atoms with Gasteiger partial charge in [0.15, 0.2) is 5.17 Å². The Balaban J connectivity index is 1.81. The number of nitrogens with zero attached hydrogens (tertiary/aromatic N) is 3. The second kappa shape index (κ2) is 12.6. The van der Waals surface area contributed by atoms with Gasteiger partial charge in [0.1, 0.15) is 22.8 Å². The molecule has 0 saturated heterocycles. The van der Waals surface area contributed by atoms with Gasteiger partial charge in [-0.05, 0) is 67.8 Å². The van der Waals surface area contributed by atoms with Crippen LogP contribution < -0.4 is 14.2 Å². The van der Waals surface area contributed by atoms with Crippen molar-refractivity contribution >= 4 is 32.9 Å². The monoisotopic (exact) mass is 619 g/mol. The van der Waals surface area contributed by atoms with E-state index in [0.29, 0.717) is 35.5 Å². The number of aliphatic imine (C=N–C) groups is 1. The van der Waals surface area contributed by atoms with Crippen molar-refractivity contribution < 1.29 is 23.0 Å². The number of amidine groups is 1. The number of rotatable bonds is 9. The number of methoxy groups -OCH3 is 3. The average molecular weight is 621 g/mol. The average Bonchev–Trinajstić information content (AvgIpc) is 2.93. The van der Waals surface area contributed by atoms with Gasteiger partial charge in [-0.2, -0.15) is 0 Å². The van der Waals surface area contributed by atoms with Crippen LogP contribution in [0.2, 0.25) is 0 Å². The largest absolute Gasteiger partial charge is 0.497 e. The quantitative estimate of drug-likeness (QED) is 0.252. The van der Waals surface area contributed by atoms with E-state index in [1.807, 2.05) is 67.3 Å². The maximum Gasteiger partial charge on any atom is 0.250 e. The number of alkyl halides is 2. The molecule has 2 heterocycles. The van der Waals surface area contributed by atoms with Gasteiger partial charge in [-0.3, -0.25) is 4.98 Å². The van der Waals surface area contributed by atoms with Gasteiger partial charge in [0.25, 0.3) is 6.43 Å². The lowest BCUT2D eigenvalue weighted by Crippen LogP contribution is -2.40. The first-order valence-corrected chi connectivity index (χ1v) is 14.1. The third-order valence-corrected chi connectivity index (χ3v) is 8.52. The van der Waals surface area contributed by atoms with Gasteiger partial charge < -0.3 is 19.1 Å². The number of aryl methyl sites for hydroxylation is 1. The fourth-order valence-electron chi connectivity index (χ4n) is 4.56. The summed E-state index contributed by atoms with van der Waals surface area (Å²) in [4.78, 5) is 11.7. The molecule has 0 saturated carbocycles. The van der Waals surface area contributed by atoms with Crippen LogP contribution in [0, 0.1) is 6.92 Å². The lowest BCUT2D eigenvalue weighted by molar-refractivity contribution is 0.131. The highest BCUT2D eigenvalue weighted by Gasteiger charge is 2.41. The molecule has 0 spiro atoms. The summed E-state index contributed by atoms with van der Waals surface area (Å²) in [6.45, 7) is 4.73. The lowest BCUT2D eigenvalue weighted by Gasteiger charge is -2.38. The Kier molecular flexibility index (Phi) is 9.38. The van der Waals surface area contributed by atoms with Crippen molar-refractivity contribution in [1.29, 1.82) is 0 Å². The van der Waals surface area contributed by atoms with Gasteiger partial charge in [0.05, 0.1) is 32.3 Å². The molecule has 10 heteroatoms. The third kappa shape index (κ3) is 6.84. The summed E-state index contributed by atoms with van der Waals surface area (Å²) in [7, 11) is 4.83. The standard InChI is InChI=1S/C29H32BrF2N3O3S/c1-18-12-22(36-3)8-6-19(18)16-35(17-20-7-9-23(37-4)14-24(20)38-5)28-34-29(2,15-25(39-28)27(31)32)26-13-21(30)10-11-33-26/h6-14,25,27H,15-17H2,1-5H3/t25-,29-/m0/s1. The van der Waals surface area contributed by atoms with Crippen LogP contribution in [0.15, 0.2) is 64.2 Å². The molecule has 4 rings (SSSR count). The van der Waals surface area contributed by atoms with Gasteiger partial charge in [-0.25, -0.2) is 13.8 Å². The van der Waals surface area contributed by atoms with Gasteiger partial charge in [0, 0.05) is 35.4 Å². The van der Waals surface area contributed by atoms with Crippen LogP contribution in [0.3, 0.4) is 0 Å². The van der Waals surface area contributed by atoms with Crippen LogP contribution in [0.25, 0.3) is 0 Å². The number of hydrogen-bond donors (Lipinski definition) is 0. The molecule has 2 aromatic carbocycles. The van der Waals surface area contributed by atoms with E-state index in [9.17, 15) is 8.78 Å². The second-order valence-electron chi connectivity index (χ2n) is 9.55. The van der Waals surface area contributed by atoms with Crippen LogP contribution in [0.1, 0.15) is 35.7 Å². The number of ether oxygens (including phenoxy) is 3. The minimum Gasteiger partial charge on any atom is -0.497 e. The summed E-state index contributed by atoms with van der Waals surface area (Å²) < 4.78 is 45.9. The van der Waals surface area contributed by atoms with E-state index >= 15 is 0 Å². The molecule has 0 N–H and O–H groups in total. The molecule has 0 amide bonds. The van der Waals surface area contributed by atoms with Crippen molar-refractivity contribution in [2.45, 2.75) is 50.6 Å². The molecule has 0 bridgehead atoms. The highest BCUT2D eigenvalue weighted by atomic mass is 79.9. The number of halogens is 3. The minimum absolute atomic E-state index is 0.170. The first-order chi connectivity index (χ1) is 18.6. The Morgan fingerprint density at radius 2 is 1.67 bits per heavy atom. The summed E-state index contributed by atoms with van der Waals surface area (Å²) in [6, 6.07) is 15.1. The Hall–Kier alpha value is -2.85. The second-order valence-corrected chi connectivity index (χ2v) is 11.7. The number of thioether (sulfide) groups is 1. The van der Waals surface area contributed by atoms with Crippen LogP contribution in [0.4, 0.5) is 8.78 Å². The lowest BCUT2D eigenvalue weighted by atomic mass is 9.91. The number of hydrogen-bond acceptors (Lipinski definition) is 7. The minimum atomic E-state index is -2.52. The van der Waals surface area contributed by atoms with Crippen molar-refractivity contribution in [3.05, 3.63) is 81.6 Å². The molecule has 0 radical (unpaired) electrons. The topological polar surface area (TPSA) is 56.2 Å². The van der Waals surface area contributed by atoms with E-state index in [1.54, 1.807) is 27.5 Å². The number of benzene rings is 2. The molecule has 208 valence electrons. The summed E-state index contributed by atoms with van der Waals surface area (Å²) in [5, 5.41) is -0.413. The molecular weight excluding hydrogens is 588 g/mol. The van der Waals surface area contributed by atoms with Crippen LogP contribution >= 0.6 is 27.7 Å². The van der Waals surface area contributed by atoms with Gasteiger partial charge >= 0.3 is 0 Å². The van der Waals surface area contributed by atoms with E-state index in [0.717, 1.165) is 38.7 Å². The fraction of sp³-hybridized carbons (Fsp3) is 0.379. The summed E-state index contributed by atoms with van der Waals surface area (Å²) in [6.07, 6.45) is -0.685. The molecule has 1 aliphatic heterocycles. The van der Waals surface area contributed by atoms with E-state index in [1.165, 1.54) is 0 Å². The van der Waals surface area contributed by atoms with Gasteiger partial charge in [0.2, 0.25) is 0 Å². The van der Waals surface area contributed by atoms with Crippen molar-refractivity contribution in [1.82, 2.24) is 9.88 Å². The van der Waals surface area contributed by atoms with Crippen molar-refractivity contribution in [2.24, 2.45) is 4.99 Å². The highest BCUT2D eigenvalue weighted by Crippen LogP contribution is 2.43. The first-order valence-electron chi connectivity index (χ1n) is 12.4. The van der Waals surface area contributed by atoms with Gasteiger partial charge in [-0.15, -0.1) is 0 Å². The molecule has 0 unspecified atom stereocenters. The van der Waals surface area contributed by atoms with E-state index in [4.69, 9.17) is 19.2 Å². The Labute approximate surface area is 240 Å². The predicted molar refractivity (Wildman–Crippen MR) is 155 cm³/mol. The zero-order valence-electron chi connectivity index (χ0n) is 22.6. The van der Waals surface area contributed by atoms with E-state index in [2.05, 4.69) is 20.9 Å². The normalized spacial score (nSPS) is 19.0. The van der Waals surface area contributed by atoms with Crippen LogP contribution in [-0.2, 0) is 18.6 Å². The molecule has 6 nitrogen and oxygen atoms in total.